The molecule has 0 aromatic heterocycles. The lowest BCUT2D eigenvalue weighted by atomic mass is 9.48. The molecule has 0 radical (unpaired) electrons. The van der Waals surface area contributed by atoms with Crippen LogP contribution in [0.25, 0.3) is 0 Å². The van der Waals surface area contributed by atoms with Crippen LogP contribution < -0.4 is 0 Å². The summed E-state index contributed by atoms with van der Waals surface area (Å²) in [6.45, 7) is 13.2. The van der Waals surface area contributed by atoms with Gasteiger partial charge in [-0.3, -0.25) is 0 Å². The predicted molar refractivity (Wildman–Crippen MR) is 99.8 cm³/mol. The van der Waals surface area contributed by atoms with Crippen LogP contribution >= 0.6 is 0 Å². The number of hydrogen-bond acceptors (Lipinski definition) is 4. The van der Waals surface area contributed by atoms with Gasteiger partial charge in [0.15, 0.2) is 0 Å². The van der Waals surface area contributed by atoms with Gasteiger partial charge in [0.05, 0.1) is 5.54 Å². The molecule has 4 saturated carbocycles. The van der Waals surface area contributed by atoms with Gasteiger partial charge in [-0.05, 0) is 97.3 Å². The maximum atomic E-state index is 13.2. The fourth-order valence-electron chi connectivity index (χ4n) is 5.69. The second-order valence-corrected chi connectivity index (χ2v) is 10.8. The minimum Gasteiger partial charge on any atom is -0.443 e. The van der Waals surface area contributed by atoms with Gasteiger partial charge in [-0.25, -0.2) is 14.5 Å². The monoisotopic (exact) mass is 365 g/mol. The molecule has 0 spiro atoms. The molecule has 4 bridgehead atoms. The van der Waals surface area contributed by atoms with E-state index >= 15 is 0 Å². The number of ether oxygens (including phenoxy) is 2. The number of nitrogens with zero attached hydrogens (tertiary/aromatic N) is 1. The third kappa shape index (κ3) is 3.59. The van der Waals surface area contributed by atoms with Gasteiger partial charge in [-0.1, -0.05) is 6.92 Å². The van der Waals surface area contributed by atoms with Crippen LogP contribution in [0.1, 0.15) is 80.6 Å². The molecule has 0 aromatic carbocycles. The number of rotatable bonds is 1. The normalized spacial score (nSPS) is 36.0. The summed E-state index contributed by atoms with van der Waals surface area (Å²) in [5, 5.41) is 0. The summed E-state index contributed by atoms with van der Waals surface area (Å²) in [4.78, 5) is 27.7. The molecule has 0 N–H and O–H groups in total. The van der Waals surface area contributed by atoms with Gasteiger partial charge in [-0.15, -0.1) is 0 Å². The van der Waals surface area contributed by atoms with E-state index in [9.17, 15) is 9.59 Å². The van der Waals surface area contributed by atoms with Crippen molar-refractivity contribution in [2.45, 2.75) is 97.3 Å². The lowest BCUT2D eigenvalue weighted by molar-refractivity contribution is -0.123. The van der Waals surface area contributed by atoms with Crippen LogP contribution in [0.15, 0.2) is 0 Å². The summed E-state index contributed by atoms with van der Waals surface area (Å²) in [6.07, 6.45) is 4.37. The van der Waals surface area contributed by atoms with E-state index in [1.165, 1.54) is 24.2 Å². The second-order valence-electron chi connectivity index (χ2n) is 10.8. The first-order chi connectivity index (χ1) is 11.8. The largest absolute Gasteiger partial charge is 0.443 e. The molecule has 3 unspecified atom stereocenters. The second kappa shape index (κ2) is 6.13. The average molecular weight is 366 g/mol. The van der Waals surface area contributed by atoms with E-state index in [-0.39, 0.29) is 5.92 Å². The van der Waals surface area contributed by atoms with Crippen LogP contribution in [0, 0.1) is 23.7 Å². The molecule has 3 atom stereocenters. The first kappa shape index (κ1) is 19.5. The van der Waals surface area contributed by atoms with Crippen molar-refractivity contribution in [3.8, 4) is 0 Å². The van der Waals surface area contributed by atoms with Crippen LogP contribution in [0.3, 0.4) is 0 Å². The van der Waals surface area contributed by atoms with Crippen LogP contribution in [-0.2, 0) is 9.47 Å². The molecule has 0 heterocycles. The van der Waals surface area contributed by atoms with E-state index in [1.54, 1.807) is 0 Å². The summed E-state index contributed by atoms with van der Waals surface area (Å²) in [6, 6.07) is 0. The molecule has 26 heavy (non-hydrogen) atoms. The molecule has 148 valence electrons. The lowest BCUT2D eigenvalue weighted by Gasteiger charge is -2.62. The Hall–Kier alpha value is -1.26. The number of amides is 2. The van der Waals surface area contributed by atoms with Crippen molar-refractivity contribution >= 4 is 12.2 Å². The Labute approximate surface area is 157 Å². The van der Waals surface area contributed by atoms with Gasteiger partial charge in [0, 0.05) is 0 Å². The van der Waals surface area contributed by atoms with E-state index in [1.807, 2.05) is 41.5 Å². The number of carbonyl (C=O) groups excluding carboxylic acids is 2. The number of imide groups is 1. The van der Waals surface area contributed by atoms with Crippen LogP contribution in [0.4, 0.5) is 9.59 Å². The van der Waals surface area contributed by atoms with Gasteiger partial charge < -0.3 is 9.47 Å². The summed E-state index contributed by atoms with van der Waals surface area (Å²) in [7, 11) is 0. The molecule has 5 nitrogen and oxygen atoms in total. The number of carbonyl (C=O) groups is 2. The van der Waals surface area contributed by atoms with Crippen LogP contribution in [0.5, 0.6) is 0 Å². The van der Waals surface area contributed by atoms with Gasteiger partial charge in [0.1, 0.15) is 11.2 Å². The first-order valence-corrected chi connectivity index (χ1v) is 10.1. The molecule has 0 saturated heterocycles. The van der Waals surface area contributed by atoms with Crippen molar-refractivity contribution in [3.05, 3.63) is 0 Å². The van der Waals surface area contributed by atoms with Gasteiger partial charge in [0.2, 0.25) is 0 Å². The van der Waals surface area contributed by atoms with Crippen molar-refractivity contribution in [2.24, 2.45) is 23.7 Å². The van der Waals surface area contributed by atoms with Crippen LogP contribution in [-0.4, -0.2) is 33.8 Å². The highest BCUT2D eigenvalue weighted by Crippen LogP contribution is 2.60. The quantitative estimate of drug-likeness (QED) is 0.626. The zero-order chi connectivity index (χ0) is 19.5. The standard InChI is InChI=1S/C21H35NO4/c1-13-16-9-14-8-15(10-16)12-21(13,11-14)22(17(23)25-19(2,3)4)18(24)26-20(5,6)7/h13-16H,8-12H2,1-7H3. The summed E-state index contributed by atoms with van der Waals surface area (Å²) < 4.78 is 11.3. The van der Waals surface area contributed by atoms with Gasteiger partial charge in [0.25, 0.3) is 0 Å². The smallest absolute Gasteiger partial charge is 0.420 e. The van der Waals surface area contributed by atoms with Crippen LogP contribution in [0.2, 0.25) is 0 Å². The molecule has 4 aliphatic carbocycles. The highest BCUT2D eigenvalue weighted by molar-refractivity contribution is 5.89. The Bertz CT molecular complexity index is 544. The summed E-state index contributed by atoms with van der Waals surface area (Å²) in [5.74, 6) is 2.09. The van der Waals surface area contributed by atoms with E-state index in [0.717, 1.165) is 12.8 Å². The maximum absolute atomic E-state index is 13.2. The third-order valence-corrected chi connectivity index (χ3v) is 6.38. The zero-order valence-electron chi connectivity index (χ0n) is 17.4. The summed E-state index contributed by atoms with van der Waals surface area (Å²) in [5.41, 5.74) is -1.76. The van der Waals surface area contributed by atoms with E-state index in [4.69, 9.17) is 9.47 Å². The first-order valence-electron chi connectivity index (χ1n) is 10.1. The van der Waals surface area contributed by atoms with Crippen molar-refractivity contribution in [3.63, 3.8) is 0 Å². The van der Waals surface area contributed by atoms with Gasteiger partial charge >= 0.3 is 12.2 Å². The molecule has 4 aliphatic rings. The average Bonchev–Trinajstić information content (AvgIpc) is 2.39. The van der Waals surface area contributed by atoms with E-state index in [2.05, 4.69) is 6.92 Å². The minimum absolute atomic E-state index is 0.287. The molecule has 2 amide bonds. The highest BCUT2D eigenvalue weighted by atomic mass is 16.6. The van der Waals surface area contributed by atoms with Crippen molar-refractivity contribution in [1.29, 1.82) is 0 Å². The maximum Gasteiger partial charge on any atom is 0.420 e. The Kier molecular flexibility index (Phi) is 4.60. The molecular weight excluding hydrogens is 330 g/mol. The molecular formula is C21H35NO4. The molecule has 4 fully saturated rings. The molecule has 0 aromatic rings. The predicted octanol–water partition coefficient (Wildman–Crippen LogP) is 5.37. The fraction of sp³-hybridized carbons (Fsp3) is 0.905. The number of hydrogen-bond donors (Lipinski definition) is 0. The van der Waals surface area contributed by atoms with Crippen molar-refractivity contribution in [2.75, 3.05) is 0 Å². The topological polar surface area (TPSA) is 55.8 Å². The van der Waals surface area contributed by atoms with Crippen molar-refractivity contribution in [1.82, 2.24) is 4.90 Å². The summed E-state index contributed by atoms with van der Waals surface area (Å²) >= 11 is 0. The lowest BCUT2D eigenvalue weighted by Crippen LogP contribution is -2.68. The van der Waals surface area contributed by atoms with E-state index < -0.39 is 28.9 Å². The Morgan fingerprint density at radius 3 is 1.65 bits per heavy atom. The van der Waals surface area contributed by atoms with E-state index in [0.29, 0.717) is 17.8 Å². The molecule has 5 heteroatoms. The highest BCUT2D eigenvalue weighted by Gasteiger charge is 2.61. The molecule has 0 aliphatic heterocycles. The Balaban J connectivity index is 1.97. The zero-order valence-corrected chi connectivity index (χ0v) is 17.4. The molecule has 4 rings (SSSR count). The minimum atomic E-state index is -0.650. The fourth-order valence-corrected chi connectivity index (χ4v) is 5.69. The van der Waals surface area contributed by atoms with Gasteiger partial charge in [-0.2, -0.15) is 0 Å². The Morgan fingerprint density at radius 2 is 1.27 bits per heavy atom. The third-order valence-electron chi connectivity index (χ3n) is 6.38. The SMILES string of the molecule is CC1C2CC3CC(C2)CC1(N(C(=O)OC(C)(C)C)C(=O)OC(C)(C)C)C3. The Morgan fingerprint density at radius 1 is 0.846 bits per heavy atom. The van der Waals surface area contributed by atoms with Crippen molar-refractivity contribution < 1.29 is 19.1 Å².